The number of esters is 1. The molecule has 26 heavy (non-hydrogen) atoms. The molecule has 0 aliphatic heterocycles. The molecule has 1 heterocycles. The van der Waals surface area contributed by atoms with Crippen molar-refractivity contribution >= 4 is 23.4 Å². The SMILES string of the molecule is CCOC(=O)c1n[nH]nc1-c1ccc(SC2CCCCC2)c([N+](=O)[O-])c1. The number of nitrogens with one attached hydrogen (secondary N) is 1. The van der Waals surface area contributed by atoms with Gasteiger partial charge in [-0.15, -0.1) is 16.9 Å². The van der Waals surface area contributed by atoms with Gasteiger partial charge in [0.2, 0.25) is 0 Å². The summed E-state index contributed by atoms with van der Waals surface area (Å²) in [4.78, 5) is 23.8. The number of benzene rings is 1. The topological polar surface area (TPSA) is 111 Å². The molecule has 1 aromatic carbocycles. The number of rotatable bonds is 6. The zero-order valence-electron chi connectivity index (χ0n) is 14.4. The van der Waals surface area contributed by atoms with Crippen LogP contribution in [0, 0.1) is 10.1 Å². The average Bonchev–Trinajstić information content (AvgIpc) is 3.13. The number of aromatic nitrogens is 3. The maximum absolute atomic E-state index is 12.0. The first-order valence-electron chi connectivity index (χ1n) is 8.63. The molecule has 2 aromatic rings. The van der Waals surface area contributed by atoms with E-state index in [2.05, 4.69) is 15.4 Å². The Hall–Kier alpha value is -2.42. The van der Waals surface area contributed by atoms with Gasteiger partial charge in [-0.3, -0.25) is 10.1 Å². The highest BCUT2D eigenvalue weighted by Gasteiger charge is 2.24. The van der Waals surface area contributed by atoms with E-state index >= 15 is 0 Å². The van der Waals surface area contributed by atoms with Crippen molar-refractivity contribution in [1.82, 2.24) is 15.4 Å². The second-order valence-electron chi connectivity index (χ2n) is 6.06. The number of aromatic amines is 1. The molecule has 1 aliphatic rings. The van der Waals surface area contributed by atoms with E-state index in [1.165, 1.54) is 25.3 Å². The van der Waals surface area contributed by atoms with E-state index in [1.54, 1.807) is 30.8 Å². The van der Waals surface area contributed by atoms with Gasteiger partial charge in [-0.2, -0.15) is 10.3 Å². The van der Waals surface area contributed by atoms with E-state index in [4.69, 9.17) is 4.74 Å². The number of nitro groups is 1. The van der Waals surface area contributed by atoms with Crippen molar-refractivity contribution in [3.63, 3.8) is 0 Å². The summed E-state index contributed by atoms with van der Waals surface area (Å²) in [5, 5.41) is 22.2. The number of carbonyl (C=O) groups excluding carboxylic acids is 1. The summed E-state index contributed by atoms with van der Waals surface area (Å²) in [6, 6.07) is 4.92. The van der Waals surface area contributed by atoms with Crippen LogP contribution >= 0.6 is 11.8 Å². The van der Waals surface area contributed by atoms with Crippen molar-refractivity contribution in [1.29, 1.82) is 0 Å². The number of ether oxygens (including phenoxy) is 1. The zero-order valence-corrected chi connectivity index (χ0v) is 15.3. The van der Waals surface area contributed by atoms with Gasteiger partial charge in [0.15, 0.2) is 5.69 Å². The quantitative estimate of drug-likeness (QED) is 0.461. The molecule has 1 saturated carbocycles. The fourth-order valence-corrected chi connectivity index (χ4v) is 4.37. The summed E-state index contributed by atoms with van der Waals surface area (Å²) >= 11 is 1.57. The molecule has 0 amide bonds. The number of nitrogens with zero attached hydrogens (tertiary/aromatic N) is 3. The molecular formula is C17H20N4O4S. The van der Waals surface area contributed by atoms with Gasteiger partial charge in [0, 0.05) is 16.9 Å². The number of nitro benzene ring substituents is 1. The lowest BCUT2D eigenvalue weighted by molar-refractivity contribution is -0.387. The summed E-state index contributed by atoms with van der Waals surface area (Å²) in [6.45, 7) is 1.90. The Bertz CT molecular complexity index is 802. The maximum atomic E-state index is 12.0. The van der Waals surface area contributed by atoms with Crippen molar-refractivity contribution in [2.45, 2.75) is 49.2 Å². The fraction of sp³-hybridized carbons (Fsp3) is 0.471. The fourth-order valence-electron chi connectivity index (χ4n) is 3.04. The molecule has 0 unspecified atom stereocenters. The molecule has 1 aromatic heterocycles. The highest BCUT2D eigenvalue weighted by molar-refractivity contribution is 8.00. The van der Waals surface area contributed by atoms with Gasteiger partial charge in [0.05, 0.1) is 16.4 Å². The van der Waals surface area contributed by atoms with Crippen LogP contribution in [0.4, 0.5) is 5.69 Å². The molecule has 0 spiro atoms. The number of carbonyl (C=O) groups is 1. The van der Waals surface area contributed by atoms with Gasteiger partial charge in [-0.1, -0.05) is 25.3 Å². The van der Waals surface area contributed by atoms with Crippen LogP contribution in [-0.4, -0.2) is 38.2 Å². The molecular weight excluding hydrogens is 356 g/mol. The van der Waals surface area contributed by atoms with Crippen molar-refractivity contribution < 1.29 is 14.5 Å². The van der Waals surface area contributed by atoms with Crippen LogP contribution in [0.1, 0.15) is 49.5 Å². The van der Waals surface area contributed by atoms with Gasteiger partial charge in [-0.25, -0.2) is 4.79 Å². The lowest BCUT2D eigenvalue weighted by atomic mass is 10.0. The Morgan fingerprint density at radius 2 is 2.12 bits per heavy atom. The largest absolute Gasteiger partial charge is 0.461 e. The molecule has 138 valence electrons. The number of hydrogen-bond donors (Lipinski definition) is 1. The first-order valence-corrected chi connectivity index (χ1v) is 9.51. The maximum Gasteiger partial charge on any atom is 0.361 e. The lowest BCUT2D eigenvalue weighted by Gasteiger charge is -2.20. The van der Waals surface area contributed by atoms with Gasteiger partial charge < -0.3 is 4.74 Å². The summed E-state index contributed by atoms with van der Waals surface area (Å²) in [5.41, 5.74) is 0.756. The van der Waals surface area contributed by atoms with E-state index in [0.29, 0.717) is 15.7 Å². The van der Waals surface area contributed by atoms with Gasteiger partial charge in [0.1, 0.15) is 5.69 Å². The first-order chi connectivity index (χ1) is 12.6. The van der Waals surface area contributed by atoms with Crippen LogP contribution in [-0.2, 0) is 4.74 Å². The Balaban J connectivity index is 1.90. The minimum absolute atomic E-state index is 0.0221. The standard InChI is InChI=1S/C17H20N4O4S/c1-2-25-17(22)16-15(18-20-19-16)11-8-9-14(13(10-11)21(23)24)26-12-6-4-3-5-7-12/h8-10,12H,2-7H2,1H3,(H,18,19,20). The van der Waals surface area contributed by atoms with Crippen molar-refractivity contribution in [3.8, 4) is 11.3 Å². The summed E-state index contributed by atoms with van der Waals surface area (Å²) < 4.78 is 4.95. The molecule has 0 atom stereocenters. The number of hydrogen-bond acceptors (Lipinski definition) is 7. The molecule has 9 heteroatoms. The Morgan fingerprint density at radius 3 is 2.81 bits per heavy atom. The Kier molecular flexibility index (Phi) is 5.87. The third-order valence-electron chi connectivity index (χ3n) is 4.29. The van der Waals surface area contributed by atoms with Crippen LogP contribution in [0.5, 0.6) is 0 Å². The minimum atomic E-state index is -0.612. The van der Waals surface area contributed by atoms with Crippen LogP contribution < -0.4 is 0 Å². The summed E-state index contributed by atoms with van der Waals surface area (Å²) in [5.74, 6) is -0.612. The average molecular weight is 376 g/mol. The van der Waals surface area contributed by atoms with E-state index in [1.807, 2.05) is 0 Å². The second-order valence-corrected chi connectivity index (χ2v) is 7.40. The monoisotopic (exact) mass is 376 g/mol. The highest BCUT2D eigenvalue weighted by atomic mass is 32.2. The third kappa shape index (κ3) is 4.04. The van der Waals surface area contributed by atoms with E-state index < -0.39 is 10.9 Å². The molecule has 8 nitrogen and oxygen atoms in total. The van der Waals surface area contributed by atoms with Crippen LogP contribution in [0.25, 0.3) is 11.3 Å². The van der Waals surface area contributed by atoms with Crippen LogP contribution in [0.15, 0.2) is 23.1 Å². The summed E-state index contributed by atoms with van der Waals surface area (Å²) in [6.07, 6.45) is 5.75. The van der Waals surface area contributed by atoms with Crippen molar-refractivity contribution in [3.05, 3.63) is 34.0 Å². The number of H-pyrrole nitrogens is 1. The van der Waals surface area contributed by atoms with Gasteiger partial charge in [0.25, 0.3) is 5.69 Å². The summed E-state index contributed by atoms with van der Waals surface area (Å²) in [7, 11) is 0. The molecule has 0 bridgehead atoms. The Morgan fingerprint density at radius 1 is 1.35 bits per heavy atom. The van der Waals surface area contributed by atoms with Gasteiger partial charge in [-0.05, 0) is 25.8 Å². The number of thioether (sulfide) groups is 1. The lowest BCUT2D eigenvalue weighted by Crippen LogP contribution is -2.08. The third-order valence-corrected chi connectivity index (χ3v) is 5.70. The van der Waals surface area contributed by atoms with Crippen LogP contribution in [0.3, 0.4) is 0 Å². The molecule has 3 rings (SSSR count). The highest BCUT2D eigenvalue weighted by Crippen LogP contribution is 2.39. The molecule has 0 radical (unpaired) electrons. The normalized spacial score (nSPS) is 15.0. The van der Waals surface area contributed by atoms with E-state index in [9.17, 15) is 14.9 Å². The molecule has 1 N–H and O–H groups in total. The molecule has 0 saturated heterocycles. The van der Waals surface area contributed by atoms with E-state index in [-0.39, 0.29) is 23.7 Å². The van der Waals surface area contributed by atoms with Crippen molar-refractivity contribution in [2.24, 2.45) is 0 Å². The van der Waals surface area contributed by atoms with Crippen LogP contribution in [0.2, 0.25) is 0 Å². The predicted octanol–water partition coefficient (Wildman–Crippen LogP) is 3.98. The second kappa shape index (κ2) is 8.31. The molecule has 1 aliphatic carbocycles. The molecule has 1 fully saturated rings. The minimum Gasteiger partial charge on any atom is -0.461 e. The smallest absolute Gasteiger partial charge is 0.361 e. The first kappa shape index (κ1) is 18.4. The Labute approximate surface area is 154 Å². The van der Waals surface area contributed by atoms with Gasteiger partial charge >= 0.3 is 5.97 Å². The zero-order chi connectivity index (χ0) is 18.5. The predicted molar refractivity (Wildman–Crippen MR) is 97.2 cm³/mol. The van der Waals surface area contributed by atoms with Crippen molar-refractivity contribution in [2.75, 3.05) is 6.61 Å². The van der Waals surface area contributed by atoms with E-state index in [0.717, 1.165) is 12.8 Å².